The van der Waals surface area contributed by atoms with Crippen molar-refractivity contribution >= 4 is 75.7 Å². The summed E-state index contributed by atoms with van der Waals surface area (Å²) in [4.78, 5) is 2.83. The highest BCUT2D eigenvalue weighted by molar-refractivity contribution is 7.20. The average Bonchev–Trinajstić information content (AvgIpc) is 3.32. The van der Waals surface area contributed by atoms with Gasteiger partial charge in [0.1, 0.15) is 33.7 Å². The summed E-state index contributed by atoms with van der Waals surface area (Å²) in [5.74, 6) is -0.682. The predicted octanol–water partition coefficient (Wildman–Crippen LogP) is 4.11. The number of fused-ring (bicyclic) bond motifs is 11. The molecule has 26 heavy (non-hydrogen) atoms. The van der Waals surface area contributed by atoms with E-state index in [-0.39, 0.29) is 11.6 Å². The minimum absolute atomic E-state index is 0.341. The molecule has 0 radical (unpaired) electrons. The van der Waals surface area contributed by atoms with Crippen LogP contribution in [0.4, 0.5) is 8.78 Å². The number of aryl methyl sites for hydroxylation is 2. The standard InChI is InChI=1S/C16H8F2N6S2/c1-23-19-11-7-5(17)3-25-15(7)10-9(13(11)21-23)16-8(6(18)4-26-16)12-14(10)22-24(2)20-12/h3-4H,1-2H3. The second-order valence-corrected chi connectivity index (χ2v) is 7.86. The quantitative estimate of drug-likeness (QED) is 0.394. The minimum Gasteiger partial charge on any atom is -0.205 e. The van der Waals surface area contributed by atoms with Gasteiger partial charge in [-0.2, -0.15) is 30.0 Å². The van der Waals surface area contributed by atoms with E-state index in [9.17, 15) is 8.78 Å². The van der Waals surface area contributed by atoms with E-state index in [0.29, 0.717) is 32.8 Å². The summed E-state index contributed by atoms with van der Waals surface area (Å²) in [6.07, 6.45) is 0. The topological polar surface area (TPSA) is 61.4 Å². The summed E-state index contributed by atoms with van der Waals surface area (Å²) in [5, 5.41) is 22.9. The Kier molecular flexibility index (Phi) is 2.51. The van der Waals surface area contributed by atoms with E-state index >= 15 is 0 Å². The Morgan fingerprint density at radius 1 is 0.654 bits per heavy atom. The van der Waals surface area contributed by atoms with Crippen LogP contribution in [0.25, 0.3) is 53.0 Å². The molecule has 0 aliphatic rings. The molecule has 0 amide bonds. The Bertz CT molecular complexity index is 1420. The molecule has 6 rings (SSSR count). The molecular formula is C16H8F2N6S2. The number of rotatable bonds is 0. The van der Waals surface area contributed by atoms with Crippen LogP contribution in [0.2, 0.25) is 0 Å². The lowest BCUT2D eigenvalue weighted by Gasteiger charge is -2.04. The van der Waals surface area contributed by atoms with Crippen molar-refractivity contribution in [1.29, 1.82) is 0 Å². The van der Waals surface area contributed by atoms with E-state index in [2.05, 4.69) is 20.4 Å². The van der Waals surface area contributed by atoms with Crippen LogP contribution in [0.1, 0.15) is 0 Å². The van der Waals surface area contributed by atoms with Gasteiger partial charge in [-0.1, -0.05) is 0 Å². The van der Waals surface area contributed by atoms with Crippen molar-refractivity contribution < 1.29 is 8.78 Å². The smallest absolute Gasteiger partial charge is 0.144 e. The molecule has 6 nitrogen and oxygen atoms in total. The zero-order valence-electron chi connectivity index (χ0n) is 13.4. The van der Waals surface area contributed by atoms with E-state index in [0.717, 1.165) is 20.2 Å². The maximum atomic E-state index is 14.6. The molecule has 2 aromatic carbocycles. The number of nitrogens with zero attached hydrogens (tertiary/aromatic N) is 6. The van der Waals surface area contributed by atoms with E-state index in [1.54, 1.807) is 14.1 Å². The molecule has 0 aliphatic heterocycles. The van der Waals surface area contributed by atoms with Crippen molar-refractivity contribution in [3.8, 4) is 0 Å². The number of benzene rings is 2. The van der Waals surface area contributed by atoms with Gasteiger partial charge >= 0.3 is 0 Å². The fraction of sp³-hybridized carbons (Fsp3) is 0.125. The van der Waals surface area contributed by atoms with Gasteiger partial charge in [-0.05, 0) is 0 Å². The third-order valence-corrected chi connectivity index (χ3v) is 6.51. The zero-order valence-corrected chi connectivity index (χ0v) is 15.0. The number of halogens is 2. The van der Waals surface area contributed by atoms with Crippen LogP contribution in [0, 0.1) is 11.6 Å². The van der Waals surface area contributed by atoms with Crippen molar-refractivity contribution in [2.45, 2.75) is 0 Å². The Balaban J connectivity index is 2.13. The molecule has 0 atom stereocenters. The molecule has 0 fully saturated rings. The van der Waals surface area contributed by atoms with Gasteiger partial charge in [-0.15, -0.1) is 22.7 Å². The zero-order chi connectivity index (χ0) is 17.7. The second-order valence-electron chi connectivity index (χ2n) is 6.10. The van der Waals surface area contributed by atoms with Crippen LogP contribution < -0.4 is 0 Å². The molecule has 0 saturated heterocycles. The highest BCUT2D eigenvalue weighted by Gasteiger charge is 2.25. The summed E-state index contributed by atoms with van der Waals surface area (Å²) in [7, 11) is 3.38. The van der Waals surface area contributed by atoms with Crippen LogP contribution in [0.15, 0.2) is 10.8 Å². The Hall–Kier alpha value is -2.72. The lowest BCUT2D eigenvalue weighted by molar-refractivity contribution is 0.643. The lowest BCUT2D eigenvalue weighted by atomic mass is 10.0. The maximum Gasteiger partial charge on any atom is 0.144 e. The summed E-state index contributed by atoms with van der Waals surface area (Å²) in [6, 6.07) is 0. The van der Waals surface area contributed by atoms with Crippen LogP contribution in [-0.2, 0) is 14.1 Å². The average molecular weight is 386 g/mol. The van der Waals surface area contributed by atoms with Crippen LogP contribution in [0.5, 0.6) is 0 Å². The highest BCUT2D eigenvalue weighted by atomic mass is 32.1. The van der Waals surface area contributed by atoms with E-state index in [1.165, 1.54) is 43.0 Å². The number of aromatic nitrogens is 6. The first-order chi connectivity index (χ1) is 12.5. The molecule has 0 saturated carbocycles. The van der Waals surface area contributed by atoms with Crippen molar-refractivity contribution in [3.05, 3.63) is 22.4 Å². The summed E-state index contributed by atoms with van der Waals surface area (Å²) >= 11 is 2.58. The molecular weight excluding hydrogens is 378 g/mol. The number of thiophene rings is 2. The minimum atomic E-state index is -0.341. The van der Waals surface area contributed by atoms with Crippen molar-refractivity contribution in [2.24, 2.45) is 14.1 Å². The first kappa shape index (κ1) is 14.4. The Morgan fingerprint density at radius 2 is 1.00 bits per heavy atom. The predicted molar refractivity (Wildman–Crippen MR) is 98.8 cm³/mol. The largest absolute Gasteiger partial charge is 0.205 e. The normalized spacial score (nSPS) is 12.6. The molecule has 4 heterocycles. The Morgan fingerprint density at radius 3 is 1.38 bits per heavy atom. The molecule has 128 valence electrons. The molecule has 10 heteroatoms. The van der Waals surface area contributed by atoms with Crippen molar-refractivity contribution in [3.63, 3.8) is 0 Å². The molecule has 0 N–H and O–H groups in total. The maximum absolute atomic E-state index is 14.6. The first-order valence-electron chi connectivity index (χ1n) is 7.67. The van der Waals surface area contributed by atoms with Gasteiger partial charge < -0.3 is 0 Å². The van der Waals surface area contributed by atoms with Crippen LogP contribution >= 0.6 is 22.7 Å². The van der Waals surface area contributed by atoms with Gasteiger partial charge in [0.05, 0.1) is 10.8 Å². The van der Waals surface area contributed by atoms with Crippen LogP contribution in [0.3, 0.4) is 0 Å². The lowest BCUT2D eigenvalue weighted by Crippen LogP contribution is -1.90. The summed E-state index contributed by atoms with van der Waals surface area (Å²) < 4.78 is 30.6. The van der Waals surface area contributed by atoms with E-state index in [1.807, 2.05) is 0 Å². The third-order valence-electron chi connectivity index (χ3n) is 4.57. The third kappa shape index (κ3) is 1.54. The second kappa shape index (κ2) is 4.51. The molecule has 0 spiro atoms. The number of hydrogen-bond acceptors (Lipinski definition) is 6. The molecule has 4 aromatic heterocycles. The Labute approximate surface area is 151 Å². The fourth-order valence-electron chi connectivity index (χ4n) is 3.65. The van der Waals surface area contributed by atoms with Gasteiger partial charge in [0.15, 0.2) is 0 Å². The van der Waals surface area contributed by atoms with Gasteiger partial charge in [-0.25, -0.2) is 8.78 Å². The SMILES string of the molecule is Cn1nc2c(n1)c1c3scc(F)c3c3nn(C)nc3c1c1scc(F)c21. The molecule has 0 unspecified atom stereocenters. The van der Waals surface area contributed by atoms with Gasteiger partial charge in [-0.3, -0.25) is 0 Å². The molecule has 0 bridgehead atoms. The van der Waals surface area contributed by atoms with E-state index in [4.69, 9.17) is 0 Å². The fourth-order valence-corrected chi connectivity index (χ4v) is 5.58. The van der Waals surface area contributed by atoms with Gasteiger partial charge in [0.25, 0.3) is 0 Å². The van der Waals surface area contributed by atoms with Crippen molar-refractivity contribution in [1.82, 2.24) is 30.0 Å². The highest BCUT2D eigenvalue weighted by Crippen LogP contribution is 2.46. The monoisotopic (exact) mass is 386 g/mol. The van der Waals surface area contributed by atoms with Gasteiger partial charge in [0, 0.05) is 45.0 Å². The van der Waals surface area contributed by atoms with E-state index < -0.39 is 0 Å². The molecule has 0 aliphatic carbocycles. The number of hydrogen-bond donors (Lipinski definition) is 0. The van der Waals surface area contributed by atoms with Crippen molar-refractivity contribution in [2.75, 3.05) is 0 Å². The molecule has 6 aromatic rings. The van der Waals surface area contributed by atoms with Crippen LogP contribution in [-0.4, -0.2) is 30.0 Å². The van der Waals surface area contributed by atoms with Gasteiger partial charge in [0.2, 0.25) is 0 Å². The summed E-state index contributed by atoms with van der Waals surface area (Å²) in [5.41, 5.74) is 2.05. The first-order valence-corrected chi connectivity index (χ1v) is 9.43. The summed E-state index contributed by atoms with van der Waals surface area (Å²) in [6.45, 7) is 0.